The molecular formula is C21H26N2O3. The van der Waals surface area contributed by atoms with Gasteiger partial charge in [-0.3, -0.25) is 4.79 Å². The fourth-order valence-electron chi connectivity index (χ4n) is 3.24. The summed E-state index contributed by atoms with van der Waals surface area (Å²) in [6.07, 6.45) is 4.76. The lowest BCUT2D eigenvalue weighted by Gasteiger charge is -2.19. The van der Waals surface area contributed by atoms with Gasteiger partial charge >= 0.3 is 0 Å². The number of methoxy groups -OCH3 is 1. The molecule has 0 aromatic heterocycles. The number of rotatable bonds is 7. The van der Waals surface area contributed by atoms with Gasteiger partial charge in [0, 0.05) is 24.2 Å². The van der Waals surface area contributed by atoms with Crippen molar-refractivity contribution in [1.82, 2.24) is 5.32 Å². The third-order valence-corrected chi connectivity index (χ3v) is 4.76. The van der Waals surface area contributed by atoms with Crippen molar-refractivity contribution in [3.05, 3.63) is 59.2 Å². The van der Waals surface area contributed by atoms with Gasteiger partial charge in [0.1, 0.15) is 0 Å². The zero-order chi connectivity index (χ0) is 18.4. The first-order chi connectivity index (χ1) is 12.7. The van der Waals surface area contributed by atoms with Crippen molar-refractivity contribution in [1.29, 1.82) is 0 Å². The van der Waals surface area contributed by atoms with Crippen LogP contribution in [-0.2, 0) is 13.1 Å². The number of benzene rings is 2. The highest BCUT2D eigenvalue weighted by atomic mass is 16.5. The number of hydrogen-bond acceptors (Lipinski definition) is 4. The summed E-state index contributed by atoms with van der Waals surface area (Å²) in [6.45, 7) is 0.851. The maximum absolute atomic E-state index is 12.4. The lowest BCUT2D eigenvalue weighted by Crippen LogP contribution is -2.23. The highest BCUT2D eigenvalue weighted by molar-refractivity contribution is 5.94. The van der Waals surface area contributed by atoms with Crippen molar-refractivity contribution in [2.45, 2.75) is 44.9 Å². The molecule has 0 atom stereocenters. The summed E-state index contributed by atoms with van der Waals surface area (Å²) in [5.41, 5.74) is 8.13. The van der Waals surface area contributed by atoms with Crippen molar-refractivity contribution < 1.29 is 14.3 Å². The van der Waals surface area contributed by atoms with Gasteiger partial charge in [-0.25, -0.2) is 0 Å². The van der Waals surface area contributed by atoms with Crippen LogP contribution in [0.3, 0.4) is 0 Å². The summed E-state index contributed by atoms with van der Waals surface area (Å²) in [7, 11) is 1.64. The Bertz CT molecular complexity index is 737. The molecule has 0 bridgehead atoms. The third kappa shape index (κ3) is 4.35. The summed E-state index contributed by atoms with van der Waals surface area (Å²) in [5, 5.41) is 2.96. The normalized spacial score (nSPS) is 14.2. The fourth-order valence-corrected chi connectivity index (χ4v) is 3.24. The third-order valence-electron chi connectivity index (χ3n) is 4.76. The Morgan fingerprint density at radius 3 is 2.54 bits per heavy atom. The van der Waals surface area contributed by atoms with E-state index in [1.54, 1.807) is 19.2 Å². The average molecular weight is 354 g/mol. The Morgan fingerprint density at radius 1 is 1.15 bits per heavy atom. The maximum Gasteiger partial charge on any atom is 0.251 e. The van der Waals surface area contributed by atoms with Crippen LogP contribution in [0.1, 0.15) is 47.2 Å². The largest absolute Gasteiger partial charge is 0.493 e. The molecule has 0 unspecified atom stereocenters. The Balaban J connectivity index is 1.70. The minimum atomic E-state index is -0.122. The van der Waals surface area contributed by atoms with E-state index in [4.69, 9.17) is 15.2 Å². The summed E-state index contributed by atoms with van der Waals surface area (Å²) in [6, 6.07) is 13.1. The topological polar surface area (TPSA) is 73.6 Å². The van der Waals surface area contributed by atoms with E-state index in [1.165, 1.54) is 12.8 Å². The first-order valence-electron chi connectivity index (χ1n) is 9.11. The van der Waals surface area contributed by atoms with Crippen molar-refractivity contribution in [2.75, 3.05) is 7.11 Å². The Hall–Kier alpha value is -2.53. The molecule has 1 aliphatic carbocycles. The van der Waals surface area contributed by atoms with Crippen LogP contribution in [0, 0.1) is 0 Å². The second-order valence-electron chi connectivity index (χ2n) is 6.56. The maximum atomic E-state index is 12.4. The predicted molar refractivity (Wildman–Crippen MR) is 101 cm³/mol. The fraction of sp³-hybridized carbons (Fsp3) is 0.381. The molecule has 138 valence electrons. The number of hydrogen-bond donors (Lipinski definition) is 2. The van der Waals surface area contributed by atoms with E-state index < -0.39 is 0 Å². The van der Waals surface area contributed by atoms with Crippen LogP contribution in [0.2, 0.25) is 0 Å². The van der Waals surface area contributed by atoms with Gasteiger partial charge in [-0.05, 0) is 49.4 Å². The van der Waals surface area contributed by atoms with Crippen LogP contribution in [-0.4, -0.2) is 19.1 Å². The summed E-state index contributed by atoms with van der Waals surface area (Å²) in [4.78, 5) is 12.4. The summed E-state index contributed by atoms with van der Waals surface area (Å²) in [5.74, 6) is 1.32. The first-order valence-corrected chi connectivity index (χ1v) is 9.11. The van der Waals surface area contributed by atoms with Crippen LogP contribution in [0.4, 0.5) is 0 Å². The van der Waals surface area contributed by atoms with Crippen LogP contribution in [0.5, 0.6) is 11.5 Å². The Labute approximate surface area is 154 Å². The van der Waals surface area contributed by atoms with E-state index in [0.717, 1.165) is 29.7 Å². The number of carbonyl (C=O) groups excluding carboxylic acids is 1. The van der Waals surface area contributed by atoms with E-state index in [1.807, 2.05) is 30.3 Å². The molecule has 0 aliphatic heterocycles. The van der Waals surface area contributed by atoms with E-state index >= 15 is 0 Å². The molecule has 2 aromatic carbocycles. The molecule has 1 aliphatic rings. The molecule has 26 heavy (non-hydrogen) atoms. The van der Waals surface area contributed by atoms with Crippen LogP contribution in [0.15, 0.2) is 42.5 Å². The monoisotopic (exact) mass is 354 g/mol. The molecule has 3 rings (SSSR count). The lowest BCUT2D eigenvalue weighted by molar-refractivity contribution is 0.0950. The molecule has 0 heterocycles. The minimum absolute atomic E-state index is 0.122. The van der Waals surface area contributed by atoms with Gasteiger partial charge in [-0.1, -0.05) is 24.3 Å². The number of carbonyl (C=O) groups is 1. The molecule has 0 saturated heterocycles. The van der Waals surface area contributed by atoms with E-state index in [2.05, 4.69) is 5.32 Å². The molecule has 0 radical (unpaired) electrons. The van der Waals surface area contributed by atoms with E-state index in [9.17, 15) is 4.79 Å². The molecule has 5 nitrogen and oxygen atoms in total. The molecule has 2 aromatic rings. The number of ether oxygens (including phenoxy) is 2. The Kier molecular flexibility index (Phi) is 6.12. The van der Waals surface area contributed by atoms with Crippen LogP contribution < -0.4 is 20.5 Å². The summed E-state index contributed by atoms with van der Waals surface area (Å²) >= 11 is 0. The van der Waals surface area contributed by atoms with Gasteiger partial charge < -0.3 is 20.5 Å². The zero-order valence-electron chi connectivity index (χ0n) is 15.2. The van der Waals surface area contributed by atoms with Crippen LogP contribution >= 0.6 is 0 Å². The standard InChI is InChI=1S/C21H26N2O3/c1-25-19-8-4-5-17(20(19)26-18-6-2-3-7-18)14-23-21(24)16-11-9-15(13-22)10-12-16/h4-5,8-12,18H,2-3,6-7,13-14,22H2,1H3,(H,23,24). The van der Waals surface area contributed by atoms with Gasteiger partial charge in [0.05, 0.1) is 13.2 Å². The predicted octanol–water partition coefficient (Wildman–Crippen LogP) is 3.41. The highest BCUT2D eigenvalue weighted by Crippen LogP contribution is 2.34. The van der Waals surface area contributed by atoms with Gasteiger partial charge in [-0.15, -0.1) is 0 Å². The second kappa shape index (κ2) is 8.72. The van der Waals surface area contributed by atoms with Crippen molar-refractivity contribution >= 4 is 5.91 Å². The van der Waals surface area contributed by atoms with Gasteiger partial charge in [0.2, 0.25) is 0 Å². The first kappa shape index (κ1) is 18.3. The van der Waals surface area contributed by atoms with Gasteiger partial charge in [0.25, 0.3) is 5.91 Å². The van der Waals surface area contributed by atoms with Crippen LogP contribution in [0.25, 0.3) is 0 Å². The number of amides is 1. The van der Waals surface area contributed by atoms with E-state index in [-0.39, 0.29) is 12.0 Å². The molecule has 1 saturated carbocycles. The number of nitrogens with two attached hydrogens (primary N) is 1. The molecule has 0 spiro atoms. The average Bonchev–Trinajstić information content (AvgIpc) is 3.20. The summed E-state index contributed by atoms with van der Waals surface area (Å²) < 4.78 is 11.7. The van der Waals surface area contributed by atoms with Crippen molar-refractivity contribution in [3.63, 3.8) is 0 Å². The molecule has 1 amide bonds. The van der Waals surface area contributed by atoms with Gasteiger partial charge in [0.15, 0.2) is 11.5 Å². The quantitative estimate of drug-likeness (QED) is 0.799. The lowest BCUT2D eigenvalue weighted by atomic mass is 10.1. The van der Waals surface area contributed by atoms with Crippen molar-refractivity contribution in [3.8, 4) is 11.5 Å². The molecular weight excluding hydrogens is 328 g/mol. The molecule has 3 N–H and O–H groups in total. The second-order valence-corrected chi connectivity index (χ2v) is 6.56. The smallest absolute Gasteiger partial charge is 0.251 e. The minimum Gasteiger partial charge on any atom is -0.493 e. The molecule has 1 fully saturated rings. The Morgan fingerprint density at radius 2 is 1.88 bits per heavy atom. The SMILES string of the molecule is COc1cccc(CNC(=O)c2ccc(CN)cc2)c1OC1CCCC1. The molecule has 5 heteroatoms. The number of nitrogens with one attached hydrogen (secondary N) is 1. The van der Waals surface area contributed by atoms with E-state index in [0.29, 0.717) is 24.4 Å². The zero-order valence-corrected chi connectivity index (χ0v) is 15.2. The van der Waals surface area contributed by atoms with Crippen molar-refractivity contribution in [2.24, 2.45) is 5.73 Å². The number of para-hydroxylation sites is 1. The highest BCUT2D eigenvalue weighted by Gasteiger charge is 2.20. The van der Waals surface area contributed by atoms with Gasteiger partial charge in [-0.2, -0.15) is 0 Å².